The van der Waals surface area contributed by atoms with E-state index in [1.807, 2.05) is 19.1 Å². The van der Waals surface area contributed by atoms with Gasteiger partial charge in [0.15, 0.2) is 0 Å². The van der Waals surface area contributed by atoms with Gasteiger partial charge in [-0.1, -0.05) is 25.7 Å². The Hall–Kier alpha value is -1.65. The van der Waals surface area contributed by atoms with E-state index in [0.29, 0.717) is 19.5 Å². The molecule has 0 unspecified atom stereocenters. The first kappa shape index (κ1) is 14.8. The summed E-state index contributed by atoms with van der Waals surface area (Å²) >= 11 is 0. The maximum atomic E-state index is 11.7. The smallest absolute Gasteiger partial charge is 0.220 e. The van der Waals surface area contributed by atoms with E-state index in [9.17, 15) is 4.79 Å². The fourth-order valence-electron chi connectivity index (χ4n) is 2.61. The summed E-state index contributed by atoms with van der Waals surface area (Å²) in [5, 5.41) is 14.1. The zero-order valence-electron chi connectivity index (χ0n) is 12.2. The summed E-state index contributed by atoms with van der Waals surface area (Å²) in [5.74, 6) is 1.69. The minimum absolute atomic E-state index is 0.161. The Labute approximate surface area is 120 Å². The Morgan fingerprint density at radius 2 is 2.05 bits per heavy atom. The van der Waals surface area contributed by atoms with Crippen molar-refractivity contribution in [1.29, 1.82) is 0 Å². The third-order valence-corrected chi connectivity index (χ3v) is 3.81. The Balaban J connectivity index is 1.53. The third-order valence-electron chi connectivity index (χ3n) is 3.81. The number of aromatic nitrogens is 2. The van der Waals surface area contributed by atoms with Crippen molar-refractivity contribution >= 4 is 11.7 Å². The Kier molecular flexibility index (Phi) is 5.77. The maximum absolute atomic E-state index is 11.7. The van der Waals surface area contributed by atoms with Gasteiger partial charge >= 0.3 is 0 Å². The van der Waals surface area contributed by atoms with Crippen molar-refractivity contribution in [2.75, 3.05) is 18.4 Å². The van der Waals surface area contributed by atoms with Crippen molar-refractivity contribution in [2.45, 2.75) is 45.4 Å². The van der Waals surface area contributed by atoms with Crippen LogP contribution in [-0.2, 0) is 4.79 Å². The van der Waals surface area contributed by atoms with E-state index in [4.69, 9.17) is 0 Å². The number of aryl methyl sites for hydroxylation is 1. The third kappa shape index (κ3) is 5.15. The summed E-state index contributed by atoms with van der Waals surface area (Å²) in [5.41, 5.74) is 0.899. The molecule has 5 nitrogen and oxygen atoms in total. The number of rotatable bonds is 7. The molecular weight excluding hydrogens is 252 g/mol. The highest BCUT2D eigenvalue weighted by Crippen LogP contribution is 2.28. The largest absolute Gasteiger partial charge is 0.367 e. The number of hydrogen-bond acceptors (Lipinski definition) is 4. The van der Waals surface area contributed by atoms with E-state index in [1.165, 1.54) is 25.7 Å². The van der Waals surface area contributed by atoms with Gasteiger partial charge in [0.1, 0.15) is 5.82 Å². The molecule has 20 heavy (non-hydrogen) atoms. The summed E-state index contributed by atoms with van der Waals surface area (Å²) < 4.78 is 0. The van der Waals surface area contributed by atoms with Gasteiger partial charge in [-0.05, 0) is 31.4 Å². The van der Waals surface area contributed by atoms with Crippen LogP contribution in [0.5, 0.6) is 0 Å². The van der Waals surface area contributed by atoms with Gasteiger partial charge in [0, 0.05) is 19.5 Å². The van der Waals surface area contributed by atoms with Crippen molar-refractivity contribution < 1.29 is 4.79 Å². The van der Waals surface area contributed by atoms with Crippen molar-refractivity contribution in [3.63, 3.8) is 0 Å². The molecular formula is C15H24N4O. The second-order valence-electron chi connectivity index (χ2n) is 5.53. The molecule has 0 atom stereocenters. The number of carbonyl (C=O) groups is 1. The van der Waals surface area contributed by atoms with Crippen LogP contribution in [0, 0.1) is 12.8 Å². The molecule has 1 aromatic rings. The Morgan fingerprint density at radius 3 is 2.75 bits per heavy atom. The standard InChI is InChI=1S/C15H24N4O/c1-12-6-8-14(19-18-12)16-10-11-17-15(20)9-7-13-4-2-3-5-13/h6,8,13H,2-5,7,9-11H2,1H3,(H,16,19)(H,17,20). The van der Waals surface area contributed by atoms with E-state index >= 15 is 0 Å². The molecule has 1 aromatic heterocycles. The lowest BCUT2D eigenvalue weighted by molar-refractivity contribution is -0.121. The molecule has 0 radical (unpaired) electrons. The average Bonchev–Trinajstić information content (AvgIpc) is 2.96. The molecule has 1 aliphatic carbocycles. The minimum atomic E-state index is 0.161. The first-order valence-corrected chi connectivity index (χ1v) is 7.55. The summed E-state index contributed by atoms with van der Waals surface area (Å²) in [6.07, 6.45) is 7.00. The first-order chi connectivity index (χ1) is 9.74. The van der Waals surface area contributed by atoms with E-state index in [0.717, 1.165) is 23.9 Å². The van der Waals surface area contributed by atoms with Crippen LogP contribution in [-0.4, -0.2) is 29.2 Å². The highest BCUT2D eigenvalue weighted by Gasteiger charge is 2.15. The van der Waals surface area contributed by atoms with E-state index < -0.39 is 0 Å². The first-order valence-electron chi connectivity index (χ1n) is 7.55. The molecule has 1 saturated carbocycles. The number of anilines is 1. The molecule has 0 bridgehead atoms. The summed E-state index contributed by atoms with van der Waals surface area (Å²) in [6, 6.07) is 3.81. The van der Waals surface area contributed by atoms with Gasteiger partial charge in [-0.25, -0.2) is 0 Å². The Bertz CT molecular complexity index is 412. The van der Waals surface area contributed by atoms with Crippen LogP contribution in [0.25, 0.3) is 0 Å². The zero-order chi connectivity index (χ0) is 14.2. The van der Waals surface area contributed by atoms with Crippen LogP contribution in [0.4, 0.5) is 5.82 Å². The predicted molar refractivity (Wildman–Crippen MR) is 79.5 cm³/mol. The molecule has 2 rings (SSSR count). The predicted octanol–water partition coefficient (Wildman–Crippen LogP) is 2.28. The number of nitrogens with one attached hydrogen (secondary N) is 2. The lowest BCUT2D eigenvalue weighted by Crippen LogP contribution is -2.29. The van der Waals surface area contributed by atoms with Crippen molar-refractivity contribution in [3.05, 3.63) is 17.8 Å². The summed E-state index contributed by atoms with van der Waals surface area (Å²) in [4.78, 5) is 11.7. The van der Waals surface area contributed by atoms with Gasteiger partial charge in [-0.15, -0.1) is 5.10 Å². The quantitative estimate of drug-likeness (QED) is 0.750. The number of hydrogen-bond donors (Lipinski definition) is 2. The highest BCUT2D eigenvalue weighted by molar-refractivity contribution is 5.75. The molecule has 5 heteroatoms. The molecule has 0 aliphatic heterocycles. The fourth-order valence-corrected chi connectivity index (χ4v) is 2.61. The Morgan fingerprint density at radius 1 is 1.25 bits per heavy atom. The molecule has 0 aromatic carbocycles. The molecule has 1 fully saturated rings. The molecule has 0 spiro atoms. The van der Waals surface area contributed by atoms with E-state index in [-0.39, 0.29) is 5.91 Å². The molecule has 1 heterocycles. The van der Waals surface area contributed by atoms with Crippen LogP contribution >= 0.6 is 0 Å². The van der Waals surface area contributed by atoms with Gasteiger partial charge in [0.05, 0.1) is 5.69 Å². The van der Waals surface area contributed by atoms with Crippen LogP contribution in [0.15, 0.2) is 12.1 Å². The average molecular weight is 276 g/mol. The summed E-state index contributed by atoms with van der Waals surface area (Å²) in [6.45, 7) is 3.20. The van der Waals surface area contributed by atoms with Gasteiger partial charge in [0.25, 0.3) is 0 Å². The zero-order valence-corrected chi connectivity index (χ0v) is 12.2. The van der Waals surface area contributed by atoms with Gasteiger partial charge in [0.2, 0.25) is 5.91 Å². The number of amides is 1. The summed E-state index contributed by atoms with van der Waals surface area (Å²) in [7, 11) is 0. The van der Waals surface area contributed by atoms with E-state index in [2.05, 4.69) is 20.8 Å². The van der Waals surface area contributed by atoms with E-state index in [1.54, 1.807) is 0 Å². The molecule has 1 amide bonds. The van der Waals surface area contributed by atoms with Crippen LogP contribution < -0.4 is 10.6 Å². The van der Waals surface area contributed by atoms with Crippen LogP contribution in [0.2, 0.25) is 0 Å². The highest BCUT2D eigenvalue weighted by atomic mass is 16.1. The number of nitrogens with zero attached hydrogens (tertiary/aromatic N) is 2. The fraction of sp³-hybridized carbons (Fsp3) is 0.667. The van der Waals surface area contributed by atoms with Gasteiger partial charge in [-0.3, -0.25) is 4.79 Å². The minimum Gasteiger partial charge on any atom is -0.367 e. The molecule has 0 saturated heterocycles. The monoisotopic (exact) mass is 276 g/mol. The van der Waals surface area contributed by atoms with Crippen molar-refractivity contribution in [2.24, 2.45) is 5.92 Å². The van der Waals surface area contributed by atoms with Gasteiger partial charge < -0.3 is 10.6 Å². The molecule has 1 aliphatic rings. The second kappa shape index (κ2) is 7.82. The van der Waals surface area contributed by atoms with Crippen LogP contribution in [0.1, 0.15) is 44.2 Å². The normalized spacial score (nSPS) is 15.2. The SMILES string of the molecule is Cc1ccc(NCCNC(=O)CCC2CCCC2)nn1. The second-order valence-corrected chi connectivity index (χ2v) is 5.53. The van der Waals surface area contributed by atoms with Crippen LogP contribution in [0.3, 0.4) is 0 Å². The topological polar surface area (TPSA) is 66.9 Å². The lowest BCUT2D eigenvalue weighted by atomic mass is 10.0. The maximum Gasteiger partial charge on any atom is 0.220 e. The van der Waals surface area contributed by atoms with Crippen molar-refractivity contribution in [1.82, 2.24) is 15.5 Å². The van der Waals surface area contributed by atoms with Gasteiger partial charge in [-0.2, -0.15) is 5.10 Å². The molecule has 110 valence electrons. The lowest BCUT2D eigenvalue weighted by Gasteiger charge is -2.09. The van der Waals surface area contributed by atoms with Crippen molar-refractivity contribution in [3.8, 4) is 0 Å². The molecule has 2 N–H and O–H groups in total. The number of carbonyl (C=O) groups excluding carboxylic acids is 1.